The van der Waals surface area contributed by atoms with Crippen molar-refractivity contribution in [3.8, 4) is 0 Å². The van der Waals surface area contributed by atoms with E-state index >= 15 is 4.39 Å². The van der Waals surface area contributed by atoms with Crippen molar-refractivity contribution >= 4 is 0 Å². The first-order valence-corrected chi connectivity index (χ1v) is 11.0. The average Bonchev–Trinajstić information content (AvgIpc) is 2.85. The van der Waals surface area contributed by atoms with E-state index in [4.69, 9.17) is 14.2 Å². The Morgan fingerprint density at radius 3 is 1.50 bits per heavy atom. The highest BCUT2D eigenvalue weighted by Crippen LogP contribution is 2.31. The molecule has 3 aromatic carbocycles. The van der Waals surface area contributed by atoms with Crippen molar-refractivity contribution < 1.29 is 23.7 Å². The van der Waals surface area contributed by atoms with Crippen LogP contribution in [0.4, 0.5) is 4.39 Å². The smallest absolute Gasteiger partial charge is 0.155 e. The van der Waals surface area contributed by atoms with Gasteiger partial charge in [0.05, 0.1) is 32.0 Å². The normalized spacial score (nSPS) is 25.5. The Bertz CT molecular complexity index is 922. The lowest BCUT2D eigenvalue weighted by atomic mass is 9.87. The molecule has 1 aliphatic carbocycles. The maximum Gasteiger partial charge on any atom is 0.155 e. The van der Waals surface area contributed by atoms with Gasteiger partial charge in [0.1, 0.15) is 12.2 Å². The standard InChI is InChI=1S/C27H29FO4/c28-25-23(30-17-20-10-4-1-5-11-20)16-24(31-18-21-12-6-2-7-13-21)27(26(25)29)32-19-22-14-8-3-9-15-22/h1-15,23-27,29H,16-19H2/t23-,24+,25+,26-,27-/m0/s1. The molecule has 1 N–H and O–H groups in total. The third-order valence-corrected chi connectivity index (χ3v) is 5.75. The Kier molecular flexibility index (Phi) is 8.02. The van der Waals surface area contributed by atoms with E-state index in [9.17, 15) is 5.11 Å². The van der Waals surface area contributed by atoms with Gasteiger partial charge in [-0.25, -0.2) is 4.39 Å². The largest absolute Gasteiger partial charge is 0.387 e. The summed E-state index contributed by atoms with van der Waals surface area (Å²) >= 11 is 0. The van der Waals surface area contributed by atoms with Gasteiger partial charge in [0.25, 0.3) is 0 Å². The summed E-state index contributed by atoms with van der Waals surface area (Å²) in [5.41, 5.74) is 2.92. The molecule has 32 heavy (non-hydrogen) atoms. The molecule has 4 nitrogen and oxygen atoms in total. The summed E-state index contributed by atoms with van der Waals surface area (Å²) in [6, 6.07) is 29.1. The molecule has 0 radical (unpaired) electrons. The maximum atomic E-state index is 15.1. The van der Waals surface area contributed by atoms with E-state index < -0.39 is 30.6 Å². The summed E-state index contributed by atoms with van der Waals surface area (Å²) in [6.07, 6.45) is -4.66. The first-order chi connectivity index (χ1) is 15.7. The van der Waals surface area contributed by atoms with Gasteiger partial charge in [-0.05, 0) is 16.7 Å². The number of alkyl halides is 1. The van der Waals surface area contributed by atoms with E-state index in [0.29, 0.717) is 13.0 Å². The van der Waals surface area contributed by atoms with Crippen LogP contribution in [0.15, 0.2) is 91.0 Å². The highest BCUT2D eigenvalue weighted by atomic mass is 19.1. The second-order valence-electron chi connectivity index (χ2n) is 8.10. The summed E-state index contributed by atoms with van der Waals surface area (Å²) in [5, 5.41) is 10.8. The highest BCUT2D eigenvalue weighted by Gasteiger charge is 2.46. The van der Waals surface area contributed by atoms with Crippen LogP contribution in [0.2, 0.25) is 0 Å². The molecular formula is C27H29FO4. The number of rotatable bonds is 9. The van der Waals surface area contributed by atoms with Crippen LogP contribution in [0, 0.1) is 0 Å². The molecule has 5 atom stereocenters. The van der Waals surface area contributed by atoms with Crippen molar-refractivity contribution in [1.29, 1.82) is 0 Å². The minimum Gasteiger partial charge on any atom is -0.387 e. The summed E-state index contributed by atoms with van der Waals surface area (Å²) in [5.74, 6) is 0. The zero-order valence-electron chi connectivity index (χ0n) is 17.9. The summed E-state index contributed by atoms with van der Waals surface area (Å²) in [4.78, 5) is 0. The molecule has 1 fully saturated rings. The van der Waals surface area contributed by atoms with Gasteiger partial charge >= 0.3 is 0 Å². The summed E-state index contributed by atoms with van der Waals surface area (Å²) in [7, 11) is 0. The van der Waals surface area contributed by atoms with Crippen molar-refractivity contribution in [2.45, 2.75) is 56.8 Å². The van der Waals surface area contributed by atoms with Crippen LogP contribution < -0.4 is 0 Å². The zero-order chi connectivity index (χ0) is 22.2. The number of benzene rings is 3. The summed E-state index contributed by atoms with van der Waals surface area (Å²) < 4.78 is 33.2. The summed E-state index contributed by atoms with van der Waals surface area (Å²) in [6.45, 7) is 0.904. The molecule has 0 bridgehead atoms. The third-order valence-electron chi connectivity index (χ3n) is 5.75. The number of aliphatic hydroxyl groups is 1. The van der Waals surface area contributed by atoms with Crippen LogP contribution in [0.5, 0.6) is 0 Å². The van der Waals surface area contributed by atoms with Gasteiger partial charge < -0.3 is 19.3 Å². The van der Waals surface area contributed by atoms with Crippen LogP contribution in [0.1, 0.15) is 23.1 Å². The first-order valence-electron chi connectivity index (χ1n) is 11.0. The van der Waals surface area contributed by atoms with Gasteiger partial charge in [-0.15, -0.1) is 0 Å². The van der Waals surface area contributed by atoms with Gasteiger partial charge in [0.15, 0.2) is 6.17 Å². The van der Waals surface area contributed by atoms with E-state index in [1.54, 1.807) is 0 Å². The molecule has 0 aromatic heterocycles. The number of ether oxygens (including phenoxy) is 3. The van der Waals surface area contributed by atoms with Gasteiger partial charge in [-0.3, -0.25) is 0 Å². The third kappa shape index (κ3) is 6.02. The van der Waals surface area contributed by atoms with E-state index in [1.165, 1.54) is 0 Å². The molecule has 0 amide bonds. The van der Waals surface area contributed by atoms with Gasteiger partial charge in [0.2, 0.25) is 0 Å². The SMILES string of the molecule is O[C@H]1[C@H](F)[C@@H](OCc2ccccc2)C[C@@H](OCc2ccccc2)[C@@H]1OCc1ccccc1. The van der Waals surface area contributed by atoms with Crippen molar-refractivity contribution in [1.82, 2.24) is 0 Å². The molecule has 4 rings (SSSR count). The minimum absolute atomic E-state index is 0.274. The molecule has 168 valence electrons. The molecular weight excluding hydrogens is 407 g/mol. The van der Waals surface area contributed by atoms with Crippen molar-refractivity contribution in [2.24, 2.45) is 0 Å². The highest BCUT2D eigenvalue weighted by molar-refractivity contribution is 5.15. The molecule has 0 saturated heterocycles. The number of hydrogen-bond donors (Lipinski definition) is 1. The molecule has 0 spiro atoms. The Balaban J connectivity index is 1.44. The molecule has 5 heteroatoms. The quantitative estimate of drug-likeness (QED) is 0.521. The Hall–Kier alpha value is -2.57. The molecule has 0 heterocycles. The Labute approximate surface area is 188 Å². The zero-order valence-corrected chi connectivity index (χ0v) is 17.9. The fourth-order valence-corrected chi connectivity index (χ4v) is 3.96. The number of hydrogen-bond acceptors (Lipinski definition) is 4. The van der Waals surface area contributed by atoms with E-state index in [-0.39, 0.29) is 13.2 Å². The van der Waals surface area contributed by atoms with Gasteiger partial charge in [0, 0.05) is 6.42 Å². The van der Waals surface area contributed by atoms with E-state index in [0.717, 1.165) is 16.7 Å². The van der Waals surface area contributed by atoms with Crippen LogP contribution in [-0.4, -0.2) is 35.7 Å². The van der Waals surface area contributed by atoms with E-state index in [2.05, 4.69) is 0 Å². The van der Waals surface area contributed by atoms with Crippen LogP contribution >= 0.6 is 0 Å². The van der Waals surface area contributed by atoms with E-state index in [1.807, 2.05) is 91.0 Å². The lowest BCUT2D eigenvalue weighted by molar-refractivity contribution is -0.206. The predicted molar refractivity (Wildman–Crippen MR) is 121 cm³/mol. The molecule has 0 unspecified atom stereocenters. The van der Waals surface area contributed by atoms with Crippen LogP contribution in [0.25, 0.3) is 0 Å². The monoisotopic (exact) mass is 436 g/mol. The molecule has 3 aromatic rings. The lowest BCUT2D eigenvalue weighted by Crippen LogP contribution is -2.56. The van der Waals surface area contributed by atoms with Gasteiger partial charge in [-0.1, -0.05) is 91.0 Å². The fraction of sp³-hybridized carbons (Fsp3) is 0.333. The fourth-order valence-electron chi connectivity index (χ4n) is 3.96. The van der Waals surface area contributed by atoms with Crippen molar-refractivity contribution in [3.05, 3.63) is 108 Å². The maximum absolute atomic E-state index is 15.1. The van der Waals surface area contributed by atoms with Crippen molar-refractivity contribution in [3.63, 3.8) is 0 Å². The first kappa shape index (κ1) is 22.6. The second-order valence-corrected chi connectivity index (χ2v) is 8.10. The predicted octanol–water partition coefficient (Wildman–Crippen LogP) is 4.85. The van der Waals surface area contributed by atoms with Crippen LogP contribution in [-0.2, 0) is 34.0 Å². The van der Waals surface area contributed by atoms with Gasteiger partial charge in [-0.2, -0.15) is 0 Å². The minimum atomic E-state index is -1.56. The Morgan fingerprint density at radius 2 is 1.03 bits per heavy atom. The number of halogens is 1. The average molecular weight is 437 g/mol. The molecule has 1 aliphatic rings. The van der Waals surface area contributed by atoms with Crippen molar-refractivity contribution in [2.75, 3.05) is 0 Å². The number of aliphatic hydroxyl groups excluding tert-OH is 1. The lowest BCUT2D eigenvalue weighted by Gasteiger charge is -2.41. The van der Waals surface area contributed by atoms with Crippen LogP contribution in [0.3, 0.4) is 0 Å². The molecule has 1 saturated carbocycles. The Morgan fingerprint density at radius 1 is 0.625 bits per heavy atom. The molecule has 0 aliphatic heterocycles. The second kappa shape index (κ2) is 11.3. The topological polar surface area (TPSA) is 47.9 Å².